The van der Waals surface area contributed by atoms with Gasteiger partial charge in [0.05, 0.1) is 0 Å². The Morgan fingerprint density at radius 2 is 1.68 bits per heavy atom. The Morgan fingerprint density at radius 3 is 2.32 bits per heavy atom. The Morgan fingerprint density at radius 1 is 1.00 bits per heavy atom. The van der Waals surface area contributed by atoms with Crippen LogP contribution in [0.4, 0.5) is 4.39 Å². The summed E-state index contributed by atoms with van der Waals surface area (Å²) in [6.45, 7) is 2.78. The minimum absolute atomic E-state index is 0.0442. The predicted molar refractivity (Wildman–Crippen MR) is 116 cm³/mol. The van der Waals surface area contributed by atoms with E-state index < -0.39 is 5.56 Å². The Labute approximate surface area is 179 Å². The van der Waals surface area contributed by atoms with Gasteiger partial charge in [-0.05, 0) is 73.2 Å². The van der Waals surface area contributed by atoms with E-state index in [0.717, 1.165) is 18.4 Å². The molecule has 2 aromatic heterocycles. The lowest BCUT2D eigenvalue weighted by Gasteiger charge is -2.32. The molecule has 160 valence electrons. The van der Waals surface area contributed by atoms with Crippen LogP contribution in [0.15, 0.2) is 64.4 Å². The summed E-state index contributed by atoms with van der Waals surface area (Å²) in [5.41, 5.74) is 1.79. The van der Waals surface area contributed by atoms with Gasteiger partial charge in [-0.2, -0.15) is 0 Å². The van der Waals surface area contributed by atoms with Gasteiger partial charge in [0, 0.05) is 44.3 Å². The first kappa shape index (κ1) is 20.8. The van der Waals surface area contributed by atoms with Crippen molar-refractivity contribution in [2.75, 3.05) is 13.1 Å². The molecule has 1 aromatic carbocycles. The zero-order valence-corrected chi connectivity index (χ0v) is 17.5. The summed E-state index contributed by atoms with van der Waals surface area (Å²) >= 11 is 0. The maximum atomic E-state index is 13.2. The van der Waals surface area contributed by atoms with Crippen LogP contribution in [0.5, 0.6) is 0 Å². The molecule has 0 unspecified atom stereocenters. The second-order valence-electron chi connectivity index (χ2n) is 8.00. The fourth-order valence-electron chi connectivity index (χ4n) is 4.08. The van der Waals surface area contributed by atoms with E-state index >= 15 is 0 Å². The third kappa shape index (κ3) is 4.08. The number of rotatable bonds is 3. The van der Waals surface area contributed by atoms with Crippen molar-refractivity contribution in [1.82, 2.24) is 14.0 Å². The van der Waals surface area contributed by atoms with Gasteiger partial charge in [-0.15, -0.1) is 0 Å². The highest BCUT2D eigenvalue weighted by Crippen LogP contribution is 2.28. The van der Waals surface area contributed by atoms with Crippen LogP contribution in [0.25, 0.3) is 5.69 Å². The number of aryl methyl sites for hydroxylation is 2. The number of carbonyl (C=O) groups is 1. The molecule has 0 saturated carbocycles. The molecule has 0 spiro atoms. The summed E-state index contributed by atoms with van der Waals surface area (Å²) in [6.07, 6.45) is 4.83. The molecule has 0 bridgehead atoms. The Hall–Kier alpha value is -3.48. The van der Waals surface area contributed by atoms with Crippen molar-refractivity contribution in [2.45, 2.75) is 25.7 Å². The number of nitrogens with zero attached hydrogens (tertiary/aromatic N) is 3. The first-order valence-electron chi connectivity index (χ1n) is 10.3. The van der Waals surface area contributed by atoms with Crippen LogP contribution in [-0.2, 0) is 7.05 Å². The molecule has 7 heteroatoms. The highest BCUT2D eigenvalue weighted by Gasteiger charge is 2.27. The minimum atomic E-state index is -0.412. The number of likely N-dealkylation sites (tertiary alicyclic amines) is 1. The van der Waals surface area contributed by atoms with Crippen LogP contribution in [0.3, 0.4) is 0 Å². The van der Waals surface area contributed by atoms with Crippen LogP contribution in [0.1, 0.15) is 40.2 Å². The minimum Gasteiger partial charge on any atom is -0.338 e. The largest absolute Gasteiger partial charge is 0.338 e. The van der Waals surface area contributed by atoms with Crippen LogP contribution in [-0.4, -0.2) is 33.0 Å². The van der Waals surface area contributed by atoms with Crippen molar-refractivity contribution < 1.29 is 9.18 Å². The van der Waals surface area contributed by atoms with Gasteiger partial charge >= 0.3 is 0 Å². The van der Waals surface area contributed by atoms with E-state index in [1.165, 1.54) is 33.4 Å². The molecule has 1 aliphatic heterocycles. The van der Waals surface area contributed by atoms with E-state index in [2.05, 4.69) is 0 Å². The van der Waals surface area contributed by atoms with E-state index in [1.54, 1.807) is 43.4 Å². The number of aromatic nitrogens is 2. The predicted octanol–water partition coefficient (Wildman–Crippen LogP) is 3.00. The van der Waals surface area contributed by atoms with E-state index in [4.69, 9.17) is 0 Å². The zero-order valence-electron chi connectivity index (χ0n) is 17.5. The van der Waals surface area contributed by atoms with Crippen molar-refractivity contribution in [3.63, 3.8) is 0 Å². The van der Waals surface area contributed by atoms with Crippen molar-refractivity contribution in [3.05, 3.63) is 98.1 Å². The molecule has 1 fully saturated rings. The summed E-state index contributed by atoms with van der Waals surface area (Å²) in [5.74, 6) is -0.466. The molecule has 4 rings (SSSR count). The number of benzene rings is 1. The molecule has 0 radical (unpaired) electrons. The number of piperidine rings is 1. The molecule has 6 nitrogen and oxygen atoms in total. The van der Waals surface area contributed by atoms with Crippen molar-refractivity contribution in [3.8, 4) is 5.69 Å². The summed E-state index contributed by atoms with van der Waals surface area (Å²) in [7, 11) is 1.72. The molecule has 0 aliphatic carbocycles. The first-order valence-corrected chi connectivity index (χ1v) is 10.3. The number of halogens is 1. The second kappa shape index (κ2) is 8.34. The van der Waals surface area contributed by atoms with Crippen molar-refractivity contribution >= 4 is 5.91 Å². The summed E-state index contributed by atoms with van der Waals surface area (Å²) in [4.78, 5) is 39.9. The standard InChI is InChI=1S/C24H24FN3O3/c1-16-7-14-28(20-5-3-19(25)4-6-20)24(31)22(16)23(30)27-12-9-17(10-13-27)18-8-11-26(2)21(29)15-18/h3-8,11,14-15,17H,9-10,12-13H2,1-2H3. The van der Waals surface area contributed by atoms with Crippen molar-refractivity contribution in [1.29, 1.82) is 0 Å². The maximum Gasteiger partial charge on any atom is 0.268 e. The summed E-state index contributed by atoms with van der Waals surface area (Å²) < 4.78 is 16.1. The highest BCUT2D eigenvalue weighted by atomic mass is 19.1. The van der Waals surface area contributed by atoms with Gasteiger partial charge in [0.15, 0.2) is 0 Å². The summed E-state index contributed by atoms with van der Waals surface area (Å²) in [5, 5.41) is 0. The van der Waals surface area contributed by atoms with Gasteiger partial charge in [-0.25, -0.2) is 4.39 Å². The van der Waals surface area contributed by atoms with Crippen LogP contribution in [0, 0.1) is 12.7 Å². The van der Waals surface area contributed by atoms with Crippen LogP contribution >= 0.6 is 0 Å². The van der Waals surface area contributed by atoms with Crippen molar-refractivity contribution in [2.24, 2.45) is 7.05 Å². The lowest BCUT2D eigenvalue weighted by atomic mass is 9.89. The molecule has 31 heavy (non-hydrogen) atoms. The molecular weight excluding hydrogens is 397 g/mol. The quantitative estimate of drug-likeness (QED) is 0.653. The van der Waals surface area contributed by atoms with E-state index in [0.29, 0.717) is 24.3 Å². The zero-order chi connectivity index (χ0) is 22.1. The topological polar surface area (TPSA) is 64.3 Å². The molecule has 1 aliphatic rings. The molecule has 1 saturated heterocycles. The maximum absolute atomic E-state index is 13.2. The average molecular weight is 421 g/mol. The van der Waals surface area contributed by atoms with E-state index in [-0.39, 0.29) is 28.8 Å². The van der Waals surface area contributed by atoms with Gasteiger partial charge < -0.3 is 9.47 Å². The van der Waals surface area contributed by atoms with Crippen LogP contribution in [0.2, 0.25) is 0 Å². The molecule has 1 amide bonds. The third-order valence-electron chi connectivity index (χ3n) is 6.00. The number of amides is 1. The lowest BCUT2D eigenvalue weighted by molar-refractivity contribution is 0.0710. The first-order chi connectivity index (χ1) is 14.8. The normalized spacial score (nSPS) is 14.6. The second-order valence-corrected chi connectivity index (χ2v) is 8.00. The fraction of sp³-hybridized carbons (Fsp3) is 0.292. The van der Waals surface area contributed by atoms with E-state index in [1.807, 2.05) is 6.07 Å². The molecule has 3 aromatic rings. The number of pyridine rings is 2. The Balaban J connectivity index is 1.55. The number of hydrogen-bond donors (Lipinski definition) is 0. The molecule has 3 heterocycles. The number of carbonyl (C=O) groups excluding carboxylic acids is 1. The van der Waals surface area contributed by atoms with Gasteiger partial charge in [0.25, 0.3) is 17.0 Å². The third-order valence-corrected chi connectivity index (χ3v) is 6.00. The van der Waals surface area contributed by atoms with Gasteiger partial charge in [0.1, 0.15) is 11.4 Å². The van der Waals surface area contributed by atoms with Gasteiger partial charge in [0.2, 0.25) is 0 Å². The smallest absolute Gasteiger partial charge is 0.268 e. The SMILES string of the molecule is Cc1ccn(-c2ccc(F)cc2)c(=O)c1C(=O)N1CCC(c2ccn(C)c(=O)c2)CC1. The highest BCUT2D eigenvalue weighted by molar-refractivity contribution is 5.95. The van der Waals surface area contributed by atoms with Crippen LogP contribution < -0.4 is 11.1 Å². The number of hydrogen-bond acceptors (Lipinski definition) is 3. The molecule has 0 N–H and O–H groups in total. The van der Waals surface area contributed by atoms with Gasteiger partial charge in [-0.1, -0.05) is 0 Å². The molecule has 0 atom stereocenters. The Kier molecular flexibility index (Phi) is 5.59. The summed E-state index contributed by atoms with van der Waals surface area (Å²) in [6, 6.07) is 10.9. The Bertz CT molecular complexity index is 1240. The lowest BCUT2D eigenvalue weighted by Crippen LogP contribution is -2.41. The molecular formula is C24H24FN3O3. The monoisotopic (exact) mass is 421 g/mol. The van der Waals surface area contributed by atoms with E-state index in [9.17, 15) is 18.8 Å². The van der Waals surface area contributed by atoms with Gasteiger partial charge in [-0.3, -0.25) is 19.0 Å². The fourth-order valence-corrected chi connectivity index (χ4v) is 4.08. The average Bonchev–Trinajstić information content (AvgIpc) is 2.77.